The molecule has 1 rings (SSSR count). The Morgan fingerprint density at radius 1 is 1.14 bits per heavy atom. The third-order valence-electron chi connectivity index (χ3n) is 3.42. The molecule has 0 aliphatic heterocycles. The summed E-state index contributed by atoms with van der Waals surface area (Å²) >= 11 is 0. The predicted molar refractivity (Wildman–Crippen MR) is 89.9 cm³/mol. The van der Waals surface area contributed by atoms with Crippen molar-refractivity contribution < 1.29 is 4.79 Å². The molecule has 0 radical (unpaired) electrons. The standard InChI is InChI=1S/C17H29N3O/c1-6-20(7-2)12-14(5)19-17(21)15-10-8-9-11-16(15)18-13(3)4/h8-11,13-14,18H,6-7,12H2,1-5H3,(H,19,21). The topological polar surface area (TPSA) is 44.4 Å². The van der Waals surface area contributed by atoms with Gasteiger partial charge in [0.2, 0.25) is 0 Å². The van der Waals surface area contributed by atoms with Crippen LogP contribution in [-0.2, 0) is 0 Å². The summed E-state index contributed by atoms with van der Waals surface area (Å²) in [4.78, 5) is 14.8. The normalized spacial score (nSPS) is 12.5. The number of hydrogen-bond donors (Lipinski definition) is 2. The Hall–Kier alpha value is -1.55. The van der Waals surface area contributed by atoms with Crippen LogP contribution in [0.25, 0.3) is 0 Å². The fourth-order valence-electron chi connectivity index (χ4n) is 2.33. The molecule has 0 saturated heterocycles. The van der Waals surface area contributed by atoms with Crippen LogP contribution in [0.2, 0.25) is 0 Å². The number of para-hydroxylation sites is 1. The first-order valence-corrected chi connectivity index (χ1v) is 7.86. The zero-order valence-electron chi connectivity index (χ0n) is 13.9. The molecular formula is C17H29N3O. The summed E-state index contributed by atoms with van der Waals surface area (Å²) in [5, 5.41) is 6.41. The van der Waals surface area contributed by atoms with Crippen LogP contribution >= 0.6 is 0 Å². The highest BCUT2D eigenvalue weighted by Crippen LogP contribution is 2.16. The minimum absolute atomic E-state index is 0.0154. The van der Waals surface area contributed by atoms with Crippen molar-refractivity contribution >= 4 is 11.6 Å². The van der Waals surface area contributed by atoms with Crippen molar-refractivity contribution in [1.29, 1.82) is 0 Å². The van der Waals surface area contributed by atoms with E-state index in [0.717, 1.165) is 25.3 Å². The van der Waals surface area contributed by atoms with Crippen molar-refractivity contribution in [2.45, 2.75) is 46.7 Å². The molecule has 0 heterocycles. The number of likely N-dealkylation sites (N-methyl/N-ethyl adjacent to an activating group) is 1. The number of hydrogen-bond acceptors (Lipinski definition) is 3. The largest absolute Gasteiger partial charge is 0.382 e. The minimum atomic E-state index is -0.0154. The van der Waals surface area contributed by atoms with Crippen LogP contribution in [0, 0.1) is 0 Å². The zero-order valence-corrected chi connectivity index (χ0v) is 13.9. The molecule has 1 unspecified atom stereocenters. The fraction of sp³-hybridized carbons (Fsp3) is 0.588. The maximum Gasteiger partial charge on any atom is 0.253 e. The van der Waals surface area contributed by atoms with Crippen LogP contribution in [0.15, 0.2) is 24.3 Å². The Morgan fingerprint density at radius 2 is 1.76 bits per heavy atom. The van der Waals surface area contributed by atoms with Gasteiger partial charge < -0.3 is 15.5 Å². The molecule has 1 aromatic carbocycles. The number of carbonyl (C=O) groups excluding carboxylic acids is 1. The van der Waals surface area contributed by atoms with Crippen molar-refractivity contribution in [3.63, 3.8) is 0 Å². The molecule has 0 fully saturated rings. The van der Waals surface area contributed by atoms with E-state index in [0.29, 0.717) is 11.6 Å². The highest BCUT2D eigenvalue weighted by atomic mass is 16.1. The number of anilines is 1. The lowest BCUT2D eigenvalue weighted by Crippen LogP contribution is -2.42. The van der Waals surface area contributed by atoms with Crippen molar-refractivity contribution in [2.75, 3.05) is 25.0 Å². The molecule has 1 aromatic rings. The van der Waals surface area contributed by atoms with Crippen LogP contribution in [0.5, 0.6) is 0 Å². The number of nitrogens with one attached hydrogen (secondary N) is 2. The maximum atomic E-state index is 12.4. The van der Waals surface area contributed by atoms with Crippen molar-refractivity contribution in [3.05, 3.63) is 29.8 Å². The van der Waals surface area contributed by atoms with Gasteiger partial charge in [0.1, 0.15) is 0 Å². The van der Waals surface area contributed by atoms with Crippen LogP contribution in [0.3, 0.4) is 0 Å². The number of amides is 1. The average Bonchev–Trinajstić information content (AvgIpc) is 2.44. The summed E-state index contributed by atoms with van der Waals surface area (Å²) in [6, 6.07) is 8.08. The summed E-state index contributed by atoms with van der Waals surface area (Å²) in [7, 11) is 0. The first-order chi connectivity index (χ1) is 9.97. The van der Waals surface area contributed by atoms with E-state index in [1.807, 2.05) is 24.3 Å². The minimum Gasteiger partial charge on any atom is -0.382 e. The van der Waals surface area contributed by atoms with Gasteiger partial charge in [-0.05, 0) is 46.0 Å². The fourth-order valence-corrected chi connectivity index (χ4v) is 2.33. The Kier molecular flexibility index (Phi) is 7.23. The van der Waals surface area contributed by atoms with E-state index in [4.69, 9.17) is 0 Å². The van der Waals surface area contributed by atoms with Gasteiger partial charge in [-0.15, -0.1) is 0 Å². The molecule has 4 heteroatoms. The Labute approximate surface area is 128 Å². The predicted octanol–water partition coefficient (Wildman–Crippen LogP) is 2.97. The molecule has 0 spiro atoms. The molecule has 0 aliphatic rings. The highest BCUT2D eigenvalue weighted by Gasteiger charge is 2.15. The summed E-state index contributed by atoms with van der Waals surface area (Å²) in [6.45, 7) is 13.3. The lowest BCUT2D eigenvalue weighted by molar-refractivity contribution is 0.0931. The van der Waals surface area contributed by atoms with Crippen LogP contribution in [0.1, 0.15) is 45.0 Å². The molecule has 0 bridgehead atoms. The second-order valence-corrected chi connectivity index (χ2v) is 5.70. The van der Waals surface area contributed by atoms with Crippen molar-refractivity contribution in [3.8, 4) is 0 Å². The van der Waals surface area contributed by atoms with E-state index in [1.54, 1.807) is 0 Å². The van der Waals surface area contributed by atoms with Gasteiger partial charge in [0, 0.05) is 24.3 Å². The van der Waals surface area contributed by atoms with Gasteiger partial charge in [-0.1, -0.05) is 26.0 Å². The van der Waals surface area contributed by atoms with Crippen LogP contribution in [0.4, 0.5) is 5.69 Å². The summed E-state index contributed by atoms with van der Waals surface area (Å²) in [5.74, 6) is -0.0154. The van der Waals surface area contributed by atoms with Gasteiger partial charge in [0.05, 0.1) is 5.56 Å². The van der Waals surface area contributed by atoms with Crippen molar-refractivity contribution in [1.82, 2.24) is 10.2 Å². The van der Waals surface area contributed by atoms with Gasteiger partial charge in [-0.3, -0.25) is 4.79 Å². The monoisotopic (exact) mass is 291 g/mol. The Balaban J connectivity index is 2.71. The Morgan fingerprint density at radius 3 is 2.33 bits per heavy atom. The van der Waals surface area contributed by atoms with E-state index >= 15 is 0 Å². The molecule has 0 aliphatic carbocycles. The van der Waals surface area contributed by atoms with Gasteiger partial charge in [-0.2, -0.15) is 0 Å². The summed E-state index contributed by atoms with van der Waals surface area (Å²) in [6.07, 6.45) is 0. The third-order valence-corrected chi connectivity index (χ3v) is 3.42. The van der Waals surface area contributed by atoms with Crippen molar-refractivity contribution in [2.24, 2.45) is 0 Å². The maximum absolute atomic E-state index is 12.4. The number of nitrogens with zero attached hydrogens (tertiary/aromatic N) is 1. The van der Waals surface area contributed by atoms with Gasteiger partial charge in [-0.25, -0.2) is 0 Å². The quantitative estimate of drug-likeness (QED) is 0.774. The second kappa shape index (κ2) is 8.67. The molecule has 2 N–H and O–H groups in total. The molecule has 1 atom stereocenters. The van der Waals surface area contributed by atoms with Crippen LogP contribution in [-0.4, -0.2) is 42.5 Å². The average molecular weight is 291 g/mol. The van der Waals surface area contributed by atoms with E-state index in [-0.39, 0.29) is 11.9 Å². The number of carbonyl (C=O) groups is 1. The van der Waals surface area contributed by atoms with Crippen LogP contribution < -0.4 is 10.6 Å². The van der Waals surface area contributed by atoms with E-state index in [2.05, 4.69) is 50.2 Å². The van der Waals surface area contributed by atoms with Gasteiger partial charge in [0.25, 0.3) is 5.91 Å². The van der Waals surface area contributed by atoms with Gasteiger partial charge in [0.15, 0.2) is 0 Å². The molecule has 4 nitrogen and oxygen atoms in total. The number of rotatable bonds is 8. The second-order valence-electron chi connectivity index (χ2n) is 5.70. The molecule has 0 saturated carbocycles. The summed E-state index contributed by atoms with van der Waals surface area (Å²) in [5.41, 5.74) is 1.60. The molecule has 1 amide bonds. The SMILES string of the molecule is CCN(CC)CC(C)NC(=O)c1ccccc1NC(C)C. The van der Waals surface area contributed by atoms with E-state index in [9.17, 15) is 4.79 Å². The molecule has 21 heavy (non-hydrogen) atoms. The summed E-state index contributed by atoms with van der Waals surface area (Å²) < 4.78 is 0. The van der Waals surface area contributed by atoms with E-state index in [1.165, 1.54) is 0 Å². The van der Waals surface area contributed by atoms with E-state index < -0.39 is 0 Å². The number of benzene rings is 1. The third kappa shape index (κ3) is 5.76. The molecule has 0 aromatic heterocycles. The first kappa shape index (κ1) is 17.5. The smallest absolute Gasteiger partial charge is 0.253 e. The molecule has 118 valence electrons. The highest BCUT2D eigenvalue weighted by molar-refractivity contribution is 5.99. The lowest BCUT2D eigenvalue weighted by Gasteiger charge is -2.24. The first-order valence-electron chi connectivity index (χ1n) is 7.86. The lowest BCUT2D eigenvalue weighted by atomic mass is 10.1. The molecular weight excluding hydrogens is 262 g/mol. The van der Waals surface area contributed by atoms with Gasteiger partial charge >= 0.3 is 0 Å². The zero-order chi connectivity index (χ0) is 15.8. The Bertz CT molecular complexity index is 441.